The van der Waals surface area contributed by atoms with Crippen molar-refractivity contribution in [3.05, 3.63) is 58.7 Å². The third kappa shape index (κ3) is 7.64. The van der Waals surface area contributed by atoms with Gasteiger partial charge in [-0.05, 0) is 42.8 Å². The number of aromatic nitrogens is 1. The van der Waals surface area contributed by atoms with Crippen LogP contribution in [0, 0.1) is 0 Å². The molecule has 1 aromatic heterocycles. The number of likely N-dealkylation sites (N-methyl/N-ethyl adjacent to an activating group) is 1. The standard InChI is InChI=1S/C21H29ClN6.HI/c1-23-21(24-9-8-17-4-3-5-19(22)14-17)26-16-18-6-7-20(25-15-18)28-12-10-27(2)11-13-28;/h3-7,14-15H,8-13,16H2,1-2H3,(H2,23,24,26);1H. The van der Waals surface area contributed by atoms with E-state index in [0.29, 0.717) is 6.54 Å². The lowest BCUT2D eigenvalue weighted by Gasteiger charge is -2.33. The largest absolute Gasteiger partial charge is 0.356 e. The van der Waals surface area contributed by atoms with Gasteiger partial charge >= 0.3 is 0 Å². The van der Waals surface area contributed by atoms with Crippen molar-refractivity contribution < 1.29 is 0 Å². The maximum Gasteiger partial charge on any atom is 0.191 e. The second kappa shape index (κ2) is 12.2. The fourth-order valence-electron chi connectivity index (χ4n) is 3.17. The number of guanidine groups is 1. The van der Waals surface area contributed by atoms with Gasteiger partial charge in [0.1, 0.15) is 5.82 Å². The molecule has 0 unspecified atom stereocenters. The summed E-state index contributed by atoms with van der Waals surface area (Å²) in [6.07, 6.45) is 2.84. The van der Waals surface area contributed by atoms with Crippen molar-refractivity contribution in [3.63, 3.8) is 0 Å². The Morgan fingerprint density at radius 3 is 2.55 bits per heavy atom. The zero-order valence-electron chi connectivity index (χ0n) is 17.1. The van der Waals surface area contributed by atoms with Gasteiger partial charge in [-0.25, -0.2) is 4.98 Å². The molecule has 0 bridgehead atoms. The van der Waals surface area contributed by atoms with Crippen molar-refractivity contribution in [3.8, 4) is 0 Å². The Kier molecular flexibility index (Phi) is 9.96. The maximum atomic E-state index is 6.03. The highest BCUT2D eigenvalue weighted by molar-refractivity contribution is 14.0. The third-order valence-electron chi connectivity index (χ3n) is 4.92. The molecule has 29 heavy (non-hydrogen) atoms. The first-order valence-electron chi connectivity index (χ1n) is 9.71. The summed E-state index contributed by atoms with van der Waals surface area (Å²) in [5.41, 5.74) is 2.34. The molecular weight excluding hydrogens is 499 g/mol. The van der Waals surface area contributed by atoms with Crippen LogP contribution in [0.3, 0.4) is 0 Å². The van der Waals surface area contributed by atoms with Crippen molar-refractivity contribution >= 4 is 47.4 Å². The highest BCUT2D eigenvalue weighted by atomic mass is 127. The van der Waals surface area contributed by atoms with E-state index < -0.39 is 0 Å². The minimum atomic E-state index is 0. The zero-order chi connectivity index (χ0) is 19.8. The summed E-state index contributed by atoms with van der Waals surface area (Å²) in [6, 6.07) is 12.2. The Bertz CT molecular complexity index is 775. The molecule has 2 heterocycles. The van der Waals surface area contributed by atoms with Crippen LogP contribution < -0.4 is 15.5 Å². The summed E-state index contributed by atoms with van der Waals surface area (Å²) in [5, 5.41) is 7.45. The minimum absolute atomic E-state index is 0. The van der Waals surface area contributed by atoms with Crippen molar-refractivity contribution in [2.45, 2.75) is 13.0 Å². The molecule has 1 saturated heterocycles. The lowest BCUT2D eigenvalue weighted by molar-refractivity contribution is 0.312. The number of hydrogen-bond acceptors (Lipinski definition) is 4. The molecule has 0 atom stereocenters. The average Bonchev–Trinajstić information content (AvgIpc) is 2.72. The SMILES string of the molecule is CN=C(NCCc1cccc(Cl)c1)NCc1ccc(N2CCN(C)CC2)nc1.I. The van der Waals surface area contributed by atoms with Crippen molar-refractivity contribution in [1.82, 2.24) is 20.5 Å². The summed E-state index contributed by atoms with van der Waals surface area (Å²) >= 11 is 6.03. The zero-order valence-corrected chi connectivity index (χ0v) is 20.2. The first kappa shape index (κ1) is 23.7. The van der Waals surface area contributed by atoms with Crippen LogP contribution in [0.5, 0.6) is 0 Å². The second-order valence-electron chi connectivity index (χ2n) is 7.05. The molecule has 0 amide bonds. The predicted molar refractivity (Wildman–Crippen MR) is 133 cm³/mol. The van der Waals surface area contributed by atoms with E-state index in [9.17, 15) is 0 Å². The van der Waals surface area contributed by atoms with Crippen LogP contribution in [0.2, 0.25) is 5.02 Å². The molecule has 6 nitrogen and oxygen atoms in total. The summed E-state index contributed by atoms with van der Waals surface area (Å²) in [5.74, 6) is 1.84. The Morgan fingerprint density at radius 1 is 1.10 bits per heavy atom. The summed E-state index contributed by atoms with van der Waals surface area (Å²) < 4.78 is 0. The number of hydrogen-bond donors (Lipinski definition) is 2. The fourth-order valence-corrected chi connectivity index (χ4v) is 3.38. The summed E-state index contributed by atoms with van der Waals surface area (Å²) in [7, 11) is 3.94. The van der Waals surface area contributed by atoms with Gasteiger partial charge < -0.3 is 20.4 Å². The topological polar surface area (TPSA) is 55.8 Å². The predicted octanol–water partition coefficient (Wildman–Crippen LogP) is 3.01. The summed E-state index contributed by atoms with van der Waals surface area (Å²) in [4.78, 5) is 13.6. The van der Waals surface area contributed by atoms with Crippen LogP contribution in [-0.2, 0) is 13.0 Å². The molecule has 1 fully saturated rings. The van der Waals surface area contributed by atoms with E-state index in [1.165, 1.54) is 5.56 Å². The molecule has 1 aliphatic heterocycles. The molecule has 2 N–H and O–H groups in total. The molecular formula is C21H30ClIN6. The lowest BCUT2D eigenvalue weighted by atomic mass is 10.1. The number of rotatable bonds is 6. The van der Waals surface area contributed by atoms with Gasteiger partial charge in [-0.3, -0.25) is 4.99 Å². The van der Waals surface area contributed by atoms with Gasteiger partial charge in [-0.15, -0.1) is 24.0 Å². The molecule has 0 radical (unpaired) electrons. The van der Waals surface area contributed by atoms with Gasteiger partial charge in [-0.1, -0.05) is 29.8 Å². The molecule has 0 aliphatic carbocycles. The Hall–Kier alpha value is -1.58. The number of benzene rings is 1. The molecule has 1 aliphatic rings. The van der Waals surface area contributed by atoms with E-state index in [2.05, 4.69) is 55.7 Å². The number of nitrogens with one attached hydrogen (secondary N) is 2. The highest BCUT2D eigenvalue weighted by Gasteiger charge is 2.14. The van der Waals surface area contributed by atoms with E-state index in [4.69, 9.17) is 11.6 Å². The van der Waals surface area contributed by atoms with E-state index in [1.807, 2.05) is 24.4 Å². The molecule has 0 spiro atoms. The quantitative estimate of drug-likeness (QED) is 0.343. The van der Waals surface area contributed by atoms with Gasteiger partial charge in [0.05, 0.1) is 0 Å². The number of anilines is 1. The number of pyridine rings is 1. The normalized spacial score (nSPS) is 15.0. The van der Waals surface area contributed by atoms with E-state index >= 15 is 0 Å². The van der Waals surface area contributed by atoms with Gasteiger partial charge in [0.2, 0.25) is 0 Å². The third-order valence-corrected chi connectivity index (χ3v) is 5.15. The minimum Gasteiger partial charge on any atom is -0.356 e. The molecule has 8 heteroatoms. The Balaban J connectivity index is 0.00000300. The van der Waals surface area contributed by atoms with Crippen molar-refractivity contribution in [2.75, 3.05) is 51.7 Å². The smallest absolute Gasteiger partial charge is 0.191 e. The maximum absolute atomic E-state index is 6.03. The Morgan fingerprint density at radius 2 is 1.90 bits per heavy atom. The van der Waals surface area contributed by atoms with Crippen LogP contribution in [0.25, 0.3) is 0 Å². The summed E-state index contributed by atoms with van der Waals surface area (Å²) in [6.45, 7) is 5.71. The van der Waals surface area contributed by atoms with Crippen LogP contribution in [0.4, 0.5) is 5.82 Å². The van der Waals surface area contributed by atoms with Gasteiger partial charge in [-0.2, -0.15) is 0 Å². The fraction of sp³-hybridized carbons (Fsp3) is 0.429. The first-order valence-corrected chi connectivity index (χ1v) is 10.1. The molecule has 158 valence electrons. The molecule has 3 rings (SSSR count). The molecule has 0 saturated carbocycles. The number of aliphatic imine (C=N–C) groups is 1. The molecule has 2 aromatic rings. The van der Waals surface area contributed by atoms with Crippen LogP contribution >= 0.6 is 35.6 Å². The molecule has 1 aromatic carbocycles. The van der Waals surface area contributed by atoms with Gasteiger partial charge in [0.15, 0.2) is 5.96 Å². The number of halogens is 2. The number of piperazine rings is 1. The van der Waals surface area contributed by atoms with E-state index in [-0.39, 0.29) is 24.0 Å². The monoisotopic (exact) mass is 528 g/mol. The van der Waals surface area contributed by atoms with E-state index in [0.717, 1.165) is 61.5 Å². The van der Waals surface area contributed by atoms with Crippen LogP contribution in [-0.4, -0.2) is 62.7 Å². The lowest BCUT2D eigenvalue weighted by Crippen LogP contribution is -2.44. The van der Waals surface area contributed by atoms with Crippen LogP contribution in [0.1, 0.15) is 11.1 Å². The van der Waals surface area contributed by atoms with E-state index in [1.54, 1.807) is 7.05 Å². The van der Waals surface area contributed by atoms with Crippen molar-refractivity contribution in [1.29, 1.82) is 0 Å². The first-order chi connectivity index (χ1) is 13.6. The highest BCUT2D eigenvalue weighted by Crippen LogP contribution is 2.13. The van der Waals surface area contributed by atoms with Crippen LogP contribution in [0.15, 0.2) is 47.6 Å². The second-order valence-corrected chi connectivity index (χ2v) is 7.48. The van der Waals surface area contributed by atoms with Gasteiger partial charge in [0.25, 0.3) is 0 Å². The average molecular weight is 529 g/mol. The Labute approximate surface area is 195 Å². The van der Waals surface area contributed by atoms with Crippen molar-refractivity contribution in [2.24, 2.45) is 4.99 Å². The number of nitrogens with zero attached hydrogens (tertiary/aromatic N) is 4. The van der Waals surface area contributed by atoms with Gasteiger partial charge in [0, 0.05) is 57.5 Å².